The van der Waals surface area contributed by atoms with Crippen LogP contribution in [-0.4, -0.2) is 9.91 Å². The molecule has 0 aliphatic rings. The molecule has 0 fully saturated rings. The highest BCUT2D eigenvalue weighted by Crippen LogP contribution is 2.22. The van der Waals surface area contributed by atoms with Crippen LogP contribution in [0.2, 0.25) is 0 Å². The first-order valence-electron chi connectivity index (χ1n) is 5.04. The highest BCUT2D eigenvalue weighted by Gasteiger charge is 2.05. The van der Waals surface area contributed by atoms with Crippen molar-refractivity contribution in [2.24, 2.45) is 0 Å². The average Bonchev–Trinajstić information content (AvgIpc) is 2.39. The monoisotopic (exact) mass is 226 g/mol. The van der Waals surface area contributed by atoms with Crippen LogP contribution in [-0.2, 0) is 0 Å². The molecule has 0 saturated heterocycles. The molecule has 0 radical (unpaired) electrons. The quantitative estimate of drug-likeness (QED) is 0.596. The van der Waals surface area contributed by atoms with Gasteiger partial charge in [-0.05, 0) is 41.5 Å². The Bertz CT molecular complexity index is 562. The van der Waals surface area contributed by atoms with Crippen molar-refractivity contribution in [2.45, 2.75) is 0 Å². The van der Waals surface area contributed by atoms with Gasteiger partial charge >= 0.3 is 0 Å². The lowest BCUT2D eigenvalue weighted by atomic mass is 10.1. The average molecular weight is 226 g/mol. The van der Waals surface area contributed by atoms with Gasteiger partial charge in [-0.1, -0.05) is 6.58 Å². The first-order valence-corrected chi connectivity index (χ1v) is 5.04. The summed E-state index contributed by atoms with van der Waals surface area (Å²) in [7, 11) is 0. The summed E-state index contributed by atoms with van der Waals surface area (Å²) in [6, 6.07) is 10.2. The predicted octanol–water partition coefficient (Wildman–Crippen LogP) is 3.30. The number of non-ortho nitro benzene ring substituents is 1. The van der Waals surface area contributed by atoms with E-state index < -0.39 is 4.92 Å². The molecule has 2 rings (SSSR count). The van der Waals surface area contributed by atoms with Crippen molar-refractivity contribution in [3.05, 3.63) is 65.0 Å². The van der Waals surface area contributed by atoms with Crippen molar-refractivity contribution in [2.75, 3.05) is 0 Å². The molecule has 0 amide bonds. The third-order valence-corrected chi connectivity index (χ3v) is 2.40. The van der Waals surface area contributed by atoms with Gasteiger partial charge in [-0.15, -0.1) is 0 Å². The number of hydrogen-bond acceptors (Lipinski definition) is 3. The molecule has 4 nitrogen and oxygen atoms in total. The standard InChI is InChI=1S/C13H10N2O2/c1-2-12-9-11(7-8-14-12)10-3-5-13(6-4-10)15(16)17/h2-9H,1H2. The van der Waals surface area contributed by atoms with Gasteiger partial charge in [0.15, 0.2) is 0 Å². The zero-order valence-corrected chi connectivity index (χ0v) is 9.04. The van der Waals surface area contributed by atoms with Gasteiger partial charge in [-0.3, -0.25) is 15.1 Å². The number of pyridine rings is 1. The van der Waals surface area contributed by atoms with Gasteiger partial charge in [0.25, 0.3) is 5.69 Å². The first kappa shape index (κ1) is 11.0. The lowest BCUT2D eigenvalue weighted by Crippen LogP contribution is -1.87. The lowest BCUT2D eigenvalue weighted by Gasteiger charge is -2.02. The third kappa shape index (κ3) is 2.36. The number of aromatic nitrogens is 1. The fourth-order valence-corrected chi connectivity index (χ4v) is 1.52. The predicted molar refractivity (Wildman–Crippen MR) is 66.4 cm³/mol. The van der Waals surface area contributed by atoms with Crippen molar-refractivity contribution in [1.82, 2.24) is 4.98 Å². The van der Waals surface area contributed by atoms with Crippen LogP contribution in [0.15, 0.2) is 49.2 Å². The minimum absolute atomic E-state index is 0.0896. The van der Waals surface area contributed by atoms with Gasteiger partial charge in [0.1, 0.15) is 0 Å². The molecule has 0 spiro atoms. The highest BCUT2D eigenvalue weighted by molar-refractivity contribution is 5.66. The number of hydrogen-bond donors (Lipinski definition) is 0. The highest BCUT2D eigenvalue weighted by atomic mass is 16.6. The molecule has 0 bridgehead atoms. The summed E-state index contributed by atoms with van der Waals surface area (Å²) in [6.07, 6.45) is 3.35. The maximum absolute atomic E-state index is 10.5. The van der Waals surface area contributed by atoms with Crippen molar-refractivity contribution in [3.63, 3.8) is 0 Å². The van der Waals surface area contributed by atoms with Crippen molar-refractivity contribution in [1.29, 1.82) is 0 Å². The maximum atomic E-state index is 10.5. The van der Waals surface area contributed by atoms with Crippen LogP contribution in [0, 0.1) is 10.1 Å². The Labute approximate surface area is 98.4 Å². The molecule has 0 aliphatic heterocycles. The van der Waals surface area contributed by atoms with Crippen LogP contribution in [0.1, 0.15) is 5.69 Å². The van der Waals surface area contributed by atoms with Gasteiger partial charge in [-0.25, -0.2) is 0 Å². The van der Waals surface area contributed by atoms with Crippen LogP contribution in [0.4, 0.5) is 5.69 Å². The Hall–Kier alpha value is -2.49. The number of benzene rings is 1. The van der Waals surface area contributed by atoms with Crippen LogP contribution in [0.25, 0.3) is 17.2 Å². The fourth-order valence-electron chi connectivity index (χ4n) is 1.52. The van der Waals surface area contributed by atoms with E-state index in [0.29, 0.717) is 0 Å². The van der Waals surface area contributed by atoms with E-state index in [4.69, 9.17) is 0 Å². The normalized spacial score (nSPS) is 9.88. The van der Waals surface area contributed by atoms with Crippen molar-refractivity contribution < 1.29 is 4.92 Å². The Balaban J connectivity index is 2.39. The summed E-state index contributed by atoms with van der Waals surface area (Å²) in [5, 5.41) is 10.5. The maximum Gasteiger partial charge on any atom is 0.269 e. The number of nitro groups is 1. The summed E-state index contributed by atoms with van der Waals surface area (Å²) in [5.74, 6) is 0. The van der Waals surface area contributed by atoms with E-state index in [-0.39, 0.29) is 5.69 Å². The van der Waals surface area contributed by atoms with Crippen LogP contribution >= 0.6 is 0 Å². The van der Waals surface area contributed by atoms with E-state index in [1.165, 1.54) is 12.1 Å². The van der Waals surface area contributed by atoms with E-state index >= 15 is 0 Å². The van der Waals surface area contributed by atoms with Crippen LogP contribution < -0.4 is 0 Å². The molecule has 0 N–H and O–H groups in total. The van der Waals surface area contributed by atoms with Crippen LogP contribution in [0.3, 0.4) is 0 Å². The largest absolute Gasteiger partial charge is 0.269 e. The number of nitro benzene ring substituents is 1. The summed E-state index contributed by atoms with van der Waals surface area (Å²) in [4.78, 5) is 14.2. The van der Waals surface area contributed by atoms with E-state index in [2.05, 4.69) is 11.6 Å². The summed E-state index contributed by atoms with van der Waals surface area (Å²) in [6.45, 7) is 3.65. The van der Waals surface area contributed by atoms with Crippen LogP contribution in [0.5, 0.6) is 0 Å². The summed E-state index contributed by atoms with van der Waals surface area (Å²) < 4.78 is 0. The second kappa shape index (κ2) is 4.57. The third-order valence-electron chi connectivity index (χ3n) is 2.40. The topological polar surface area (TPSA) is 56.0 Å². The first-order chi connectivity index (χ1) is 8.20. The number of rotatable bonds is 3. The molecule has 1 heterocycles. The zero-order valence-electron chi connectivity index (χ0n) is 9.04. The molecule has 84 valence electrons. The SMILES string of the molecule is C=Cc1cc(-c2ccc([N+](=O)[O-])cc2)ccn1. The minimum Gasteiger partial charge on any atom is -0.258 e. The molecule has 1 aromatic carbocycles. The van der Waals surface area contributed by atoms with E-state index in [1.807, 2.05) is 12.1 Å². The Kier molecular flexibility index (Phi) is 2.96. The molecule has 1 aromatic heterocycles. The van der Waals surface area contributed by atoms with Gasteiger partial charge in [0.05, 0.1) is 10.6 Å². The van der Waals surface area contributed by atoms with Crippen molar-refractivity contribution in [3.8, 4) is 11.1 Å². The molecule has 4 heteroatoms. The van der Waals surface area contributed by atoms with E-state index in [1.54, 1.807) is 24.4 Å². The molecular formula is C13H10N2O2. The van der Waals surface area contributed by atoms with Gasteiger partial charge in [-0.2, -0.15) is 0 Å². The Morgan fingerprint density at radius 1 is 1.18 bits per heavy atom. The zero-order chi connectivity index (χ0) is 12.3. The fraction of sp³-hybridized carbons (Fsp3) is 0. The smallest absolute Gasteiger partial charge is 0.258 e. The van der Waals surface area contributed by atoms with E-state index in [9.17, 15) is 10.1 Å². The van der Waals surface area contributed by atoms with Crippen molar-refractivity contribution >= 4 is 11.8 Å². The molecule has 0 atom stereocenters. The lowest BCUT2D eigenvalue weighted by molar-refractivity contribution is -0.384. The molecular weight excluding hydrogens is 216 g/mol. The summed E-state index contributed by atoms with van der Waals surface area (Å²) >= 11 is 0. The minimum atomic E-state index is -0.411. The van der Waals surface area contributed by atoms with Gasteiger partial charge in [0, 0.05) is 18.3 Å². The Morgan fingerprint density at radius 3 is 2.47 bits per heavy atom. The molecule has 0 saturated carbocycles. The second-order valence-corrected chi connectivity index (χ2v) is 3.48. The molecule has 0 unspecified atom stereocenters. The second-order valence-electron chi connectivity index (χ2n) is 3.48. The van der Waals surface area contributed by atoms with Gasteiger partial charge < -0.3 is 0 Å². The molecule has 0 aliphatic carbocycles. The summed E-state index contributed by atoms with van der Waals surface area (Å²) in [5.41, 5.74) is 2.75. The van der Waals surface area contributed by atoms with E-state index in [0.717, 1.165) is 16.8 Å². The molecule has 2 aromatic rings. The number of nitrogens with zero attached hydrogens (tertiary/aromatic N) is 2. The Morgan fingerprint density at radius 2 is 1.88 bits per heavy atom. The van der Waals surface area contributed by atoms with Gasteiger partial charge in [0.2, 0.25) is 0 Å². The molecule has 17 heavy (non-hydrogen) atoms.